The molecule has 1 saturated carbocycles. The van der Waals surface area contributed by atoms with E-state index in [-0.39, 0.29) is 24.3 Å². The molecule has 1 amide bonds. The summed E-state index contributed by atoms with van der Waals surface area (Å²) >= 11 is 0. The minimum Gasteiger partial charge on any atom is -0.481 e. The first kappa shape index (κ1) is 26.0. The number of hydrogen-bond donors (Lipinski definition) is 2. The molecule has 1 aliphatic carbocycles. The summed E-state index contributed by atoms with van der Waals surface area (Å²) in [7, 11) is 0. The van der Waals surface area contributed by atoms with Crippen molar-refractivity contribution < 1.29 is 29.0 Å². The number of nitrogens with zero attached hydrogens (tertiary/aromatic N) is 1. The number of carbonyl (C=O) groups excluding carboxylic acids is 1. The highest BCUT2D eigenvalue weighted by molar-refractivity contribution is 5.95. The number of carbonyl (C=O) groups is 2. The molecule has 1 heterocycles. The molecule has 1 aromatic heterocycles. The van der Waals surface area contributed by atoms with Gasteiger partial charge in [-0.1, -0.05) is 31.4 Å². The average Bonchev–Trinajstić information content (AvgIpc) is 3.34. The number of aliphatic hydroxyl groups is 1. The number of rotatable bonds is 12. The molecule has 2 atom stereocenters. The standard InChI is InChI=1S/C27H37NO6/c1-27(2,32)28(26(31)21-15-13-20(14-16-21)23-11-8-18-34-23)19-22-9-5-6-10-24(22)33-17-7-3-4-12-25(29)30/h8,11,13-16,18,22,24,32H,3-7,9-10,12,17,19H2,1-2H3,(H,29,30). The van der Waals surface area contributed by atoms with Crippen LogP contribution in [0.5, 0.6) is 0 Å². The number of unbranched alkanes of at least 4 members (excludes halogenated alkanes) is 2. The van der Waals surface area contributed by atoms with Crippen molar-refractivity contribution in [2.75, 3.05) is 13.2 Å². The first-order valence-electron chi connectivity index (χ1n) is 12.3. The lowest BCUT2D eigenvalue weighted by Gasteiger charge is -2.40. The van der Waals surface area contributed by atoms with Crippen molar-refractivity contribution in [2.24, 2.45) is 5.92 Å². The van der Waals surface area contributed by atoms with Crippen molar-refractivity contribution in [1.82, 2.24) is 4.90 Å². The summed E-state index contributed by atoms with van der Waals surface area (Å²) in [5, 5.41) is 19.6. The zero-order chi connectivity index (χ0) is 24.6. The maximum atomic E-state index is 13.4. The molecule has 1 fully saturated rings. The molecule has 34 heavy (non-hydrogen) atoms. The fourth-order valence-electron chi connectivity index (χ4n) is 4.56. The Labute approximate surface area is 201 Å². The van der Waals surface area contributed by atoms with Crippen LogP contribution in [0.15, 0.2) is 47.1 Å². The number of amides is 1. The summed E-state index contributed by atoms with van der Waals surface area (Å²) < 4.78 is 11.6. The van der Waals surface area contributed by atoms with Gasteiger partial charge in [0.25, 0.3) is 5.91 Å². The van der Waals surface area contributed by atoms with Gasteiger partial charge in [-0.05, 0) is 63.8 Å². The molecule has 2 aromatic rings. The van der Waals surface area contributed by atoms with E-state index in [1.54, 1.807) is 37.1 Å². The molecule has 186 valence electrons. The molecular formula is C27H37NO6. The van der Waals surface area contributed by atoms with E-state index in [4.69, 9.17) is 14.3 Å². The Kier molecular flexibility index (Phi) is 9.30. The van der Waals surface area contributed by atoms with Gasteiger partial charge in [0, 0.05) is 36.6 Å². The van der Waals surface area contributed by atoms with Gasteiger partial charge >= 0.3 is 5.97 Å². The highest BCUT2D eigenvalue weighted by Gasteiger charge is 2.35. The zero-order valence-corrected chi connectivity index (χ0v) is 20.2. The minimum atomic E-state index is -1.31. The van der Waals surface area contributed by atoms with E-state index < -0.39 is 11.7 Å². The van der Waals surface area contributed by atoms with Crippen molar-refractivity contribution in [3.63, 3.8) is 0 Å². The number of furan rings is 1. The summed E-state index contributed by atoms with van der Waals surface area (Å²) in [5.74, 6) is -0.0919. The lowest BCUT2D eigenvalue weighted by Crippen LogP contribution is -2.51. The van der Waals surface area contributed by atoms with Crippen LogP contribution in [0.3, 0.4) is 0 Å². The zero-order valence-electron chi connectivity index (χ0n) is 20.2. The van der Waals surface area contributed by atoms with E-state index in [0.717, 1.165) is 49.8 Å². The van der Waals surface area contributed by atoms with Gasteiger partial charge in [0.2, 0.25) is 0 Å². The molecule has 7 heteroatoms. The molecule has 0 saturated heterocycles. The van der Waals surface area contributed by atoms with Crippen molar-refractivity contribution in [1.29, 1.82) is 0 Å². The molecule has 7 nitrogen and oxygen atoms in total. The van der Waals surface area contributed by atoms with Gasteiger partial charge in [-0.3, -0.25) is 9.59 Å². The maximum Gasteiger partial charge on any atom is 0.303 e. The third kappa shape index (κ3) is 7.43. The van der Waals surface area contributed by atoms with Crippen LogP contribution in [0.2, 0.25) is 0 Å². The number of carboxylic acid groups (broad SMARTS) is 1. The van der Waals surface area contributed by atoms with Gasteiger partial charge in [0.1, 0.15) is 11.5 Å². The van der Waals surface area contributed by atoms with E-state index in [9.17, 15) is 14.7 Å². The van der Waals surface area contributed by atoms with Gasteiger partial charge in [0.15, 0.2) is 0 Å². The van der Waals surface area contributed by atoms with Crippen LogP contribution < -0.4 is 0 Å². The van der Waals surface area contributed by atoms with E-state index in [0.29, 0.717) is 25.1 Å². The topological polar surface area (TPSA) is 100 Å². The second-order valence-electron chi connectivity index (χ2n) is 9.62. The van der Waals surface area contributed by atoms with Crippen LogP contribution in [-0.4, -0.2) is 52.0 Å². The maximum absolute atomic E-state index is 13.4. The Hall–Kier alpha value is -2.64. The molecule has 1 aromatic carbocycles. The normalized spacial score (nSPS) is 18.6. The van der Waals surface area contributed by atoms with Crippen molar-refractivity contribution in [3.8, 4) is 11.3 Å². The Morgan fingerprint density at radius 1 is 1.09 bits per heavy atom. The first-order chi connectivity index (χ1) is 16.3. The number of ether oxygens (including phenoxy) is 1. The summed E-state index contributed by atoms with van der Waals surface area (Å²) in [6, 6.07) is 10.9. The average molecular weight is 472 g/mol. The number of benzene rings is 1. The lowest BCUT2D eigenvalue weighted by atomic mass is 9.85. The van der Waals surface area contributed by atoms with Crippen LogP contribution in [-0.2, 0) is 9.53 Å². The van der Waals surface area contributed by atoms with Crippen LogP contribution in [0.4, 0.5) is 0 Å². The number of carboxylic acids is 1. The highest BCUT2D eigenvalue weighted by atomic mass is 16.5. The summed E-state index contributed by atoms with van der Waals surface area (Å²) in [4.78, 5) is 25.6. The summed E-state index contributed by atoms with van der Waals surface area (Å²) in [6.45, 7) is 4.30. The summed E-state index contributed by atoms with van der Waals surface area (Å²) in [6.07, 6.45) is 8.20. The van der Waals surface area contributed by atoms with Crippen molar-refractivity contribution >= 4 is 11.9 Å². The Bertz CT molecular complexity index is 900. The predicted octanol–water partition coefficient (Wildman–Crippen LogP) is 5.34. The van der Waals surface area contributed by atoms with Gasteiger partial charge < -0.3 is 24.3 Å². The van der Waals surface area contributed by atoms with Crippen LogP contribution in [0.1, 0.15) is 75.6 Å². The molecule has 0 spiro atoms. The molecule has 2 N–H and O–H groups in total. The minimum absolute atomic E-state index is 0.0344. The Morgan fingerprint density at radius 2 is 1.82 bits per heavy atom. The van der Waals surface area contributed by atoms with Crippen LogP contribution >= 0.6 is 0 Å². The summed E-state index contributed by atoms with van der Waals surface area (Å²) in [5.41, 5.74) is 0.0971. The molecule has 1 aliphatic rings. The second kappa shape index (κ2) is 12.2. The number of aliphatic carboxylic acids is 1. The van der Waals surface area contributed by atoms with E-state index >= 15 is 0 Å². The highest BCUT2D eigenvalue weighted by Crippen LogP contribution is 2.30. The SMILES string of the molecule is CC(C)(O)N(CC1CCCCC1OCCCCCC(=O)O)C(=O)c1ccc(-c2ccco2)cc1. The largest absolute Gasteiger partial charge is 0.481 e. The van der Waals surface area contributed by atoms with E-state index in [1.807, 2.05) is 24.3 Å². The van der Waals surface area contributed by atoms with Crippen molar-refractivity contribution in [2.45, 2.75) is 77.0 Å². The fraction of sp³-hybridized carbons (Fsp3) is 0.556. The van der Waals surface area contributed by atoms with E-state index in [1.165, 1.54) is 0 Å². The van der Waals surface area contributed by atoms with Gasteiger partial charge in [-0.2, -0.15) is 0 Å². The fourth-order valence-corrected chi connectivity index (χ4v) is 4.56. The first-order valence-corrected chi connectivity index (χ1v) is 12.3. The van der Waals surface area contributed by atoms with Gasteiger partial charge in [-0.15, -0.1) is 0 Å². The van der Waals surface area contributed by atoms with E-state index in [2.05, 4.69) is 0 Å². The molecule has 3 rings (SSSR count). The quantitative estimate of drug-likeness (QED) is 0.320. The third-order valence-electron chi connectivity index (χ3n) is 6.47. The van der Waals surface area contributed by atoms with Crippen molar-refractivity contribution in [3.05, 3.63) is 48.2 Å². The van der Waals surface area contributed by atoms with Gasteiger partial charge in [0.05, 0.1) is 12.4 Å². The molecular weight excluding hydrogens is 434 g/mol. The third-order valence-corrected chi connectivity index (χ3v) is 6.47. The molecule has 2 unspecified atom stereocenters. The Morgan fingerprint density at radius 3 is 2.47 bits per heavy atom. The van der Waals surface area contributed by atoms with Crippen LogP contribution in [0, 0.1) is 5.92 Å². The molecule has 0 radical (unpaired) electrons. The predicted molar refractivity (Wildman–Crippen MR) is 129 cm³/mol. The Balaban J connectivity index is 1.62. The lowest BCUT2D eigenvalue weighted by molar-refractivity contribution is -0.137. The molecule has 0 aliphatic heterocycles. The second-order valence-corrected chi connectivity index (χ2v) is 9.62. The smallest absolute Gasteiger partial charge is 0.303 e. The monoisotopic (exact) mass is 471 g/mol. The molecule has 0 bridgehead atoms. The van der Waals surface area contributed by atoms with Crippen LogP contribution in [0.25, 0.3) is 11.3 Å². The number of hydrogen-bond acceptors (Lipinski definition) is 5. The van der Waals surface area contributed by atoms with Gasteiger partial charge in [-0.25, -0.2) is 0 Å².